The van der Waals surface area contributed by atoms with Crippen LogP contribution in [-0.2, 0) is 9.47 Å². The highest BCUT2D eigenvalue weighted by molar-refractivity contribution is 6.31. The van der Waals surface area contributed by atoms with Gasteiger partial charge in [0, 0.05) is 27.9 Å². The van der Waals surface area contributed by atoms with Crippen LogP contribution in [0.2, 0.25) is 5.02 Å². The number of methoxy groups -OCH3 is 2. The quantitative estimate of drug-likeness (QED) is 0.447. The van der Waals surface area contributed by atoms with Gasteiger partial charge in [0.25, 0.3) is 5.91 Å². The van der Waals surface area contributed by atoms with Crippen LogP contribution in [-0.4, -0.2) is 31.2 Å². The number of amides is 1. The van der Waals surface area contributed by atoms with Gasteiger partial charge in [-0.1, -0.05) is 35.9 Å². The van der Waals surface area contributed by atoms with Gasteiger partial charge in [-0.2, -0.15) is 0 Å². The third kappa shape index (κ3) is 4.61. The molecule has 3 aromatic rings. The maximum absolute atomic E-state index is 12.7. The van der Waals surface area contributed by atoms with Crippen LogP contribution < -0.4 is 10.2 Å². The van der Waals surface area contributed by atoms with Crippen molar-refractivity contribution >= 4 is 34.0 Å². The summed E-state index contributed by atoms with van der Waals surface area (Å²) in [5, 5.41) is 7.09. The molecule has 6 nitrogen and oxygen atoms in total. The highest BCUT2D eigenvalue weighted by atomic mass is 35.5. The highest BCUT2D eigenvalue weighted by Crippen LogP contribution is 2.32. The molecule has 3 aromatic carbocycles. The van der Waals surface area contributed by atoms with Gasteiger partial charge in [-0.05, 0) is 71.7 Å². The van der Waals surface area contributed by atoms with Crippen LogP contribution in [0.3, 0.4) is 0 Å². The zero-order valence-corrected chi connectivity index (χ0v) is 20.0. The van der Waals surface area contributed by atoms with Gasteiger partial charge in [0.15, 0.2) is 17.3 Å². The molecule has 1 unspecified atom stereocenters. The van der Waals surface area contributed by atoms with Crippen molar-refractivity contribution in [2.24, 2.45) is 0 Å². The second-order valence-corrected chi connectivity index (χ2v) is 8.44. The molecule has 0 saturated heterocycles. The molecule has 35 heavy (non-hydrogen) atoms. The molecule has 1 amide bonds. The van der Waals surface area contributed by atoms with E-state index in [4.69, 9.17) is 25.9 Å². The van der Waals surface area contributed by atoms with Crippen LogP contribution in [0, 0.1) is 0 Å². The molecule has 0 fully saturated rings. The van der Waals surface area contributed by atoms with E-state index in [0.29, 0.717) is 33.5 Å². The molecule has 1 N–H and O–H groups in total. The fourth-order valence-electron chi connectivity index (χ4n) is 4.12. The third-order valence-corrected chi connectivity index (χ3v) is 6.06. The number of carbonyl (C=O) groups excluding carboxylic acids is 1. The molecule has 7 heteroatoms. The summed E-state index contributed by atoms with van der Waals surface area (Å²) in [6, 6.07) is 18.2. The van der Waals surface area contributed by atoms with Crippen LogP contribution in [0.5, 0.6) is 5.75 Å². The van der Waals surface area contributed by atoms with E-state index >= 15 is 0 Å². The summed E-state index contributed by atoms with van der Waals surface area (Å²) < 4.78 is 10.9. The first-order valence-electron chi connectivity index (χ1n) is 11.0. The van der Waals surface area contributed by atoms with Gasteiger partial charge in [0.2, 0.25) is 0 Å². The molecule has 176 valence electrons. The summed E-state index contributed by atoms with van der Waals surface area (Å²) in [7, 11) is 3.23. The lowest BCUT2D eigenvalue weighted by molar-refractivity contribution is -0.0233. The average Bonchev–Trinajstić information content (AvgIpc) is 2.88. The summed E-state index contributed by atoms with van der Waals surface area (Å²) >= 11 is 6.03. The number of halogens is 1. The van der Waals surface area contributed by atoms with Crippen molar-refractivity contribution < 1.29 is 19.1 Å². The fourth-order valence-corrected chi connectivity index (χ4v) is 4.31. The van der Waals surface area contributed by atoms with Crippen LogP contribution in [0.15, 0.2) is 108 Å². The van der Waals surface area contributed by atoms with E-state index < -0.39 is 0 Å². The van der Waals surface area contributed by atoms with E-state index in [1.165, 1.54) is 0 Å². The first kappa shape index (κ1) is 22.6. The Morgan fingerprint density at radius 1 is 1.00 bits per heavy atom. The monoisotopic (exact) mass is 486 g/mol. The Morgan fingerprint density at radius 3 is 2.63 bits per heavy atom. The summed E-state index contributed by atoms with van der Waals surface area (Å²) in [6.45, 7) is 0. The summed E-state index contributed by atoms with van der Waals surface area (Å²) in [5.74, 6) is 1.76. The molecule has 1 aliphatic carbocycles. The Hall–Kier alpha value is -4.16. The largest absolute Gasteiger partial charge is 0.493 e. The minimum Gasteiger partial charge on any atom is -0.493 e. The summed E-state index contributed by atoms with van der Waals surface area (Å²) in [5.41, 5.74) is 2.23. The fraction of sp³-hybridized carbons (Fsp3) is 0.107. The lowest BCUT2D eigenvalue weighted by atomic mass is 9.97. The van der Waals surface area contributed by atoms with Crippen LogP contribution in [0.25, 0.3) is 10.8 Å². The topological polar surface area (TPSA) is 60.0 Å². The van der Waals surface area contributed by atoms with Gasteiger partial charge in [0.1, 0.15) is 6.04 Å². The number of nitrogens with zero attached hydrogens (tertiary/aromatic N) is 1. The summed E-state index contributed by atoms with van der Waals surface area (Å²) in [6.07, 6.45) is 9.71. The number of ether oxygens (including phenoxy) is 2. The molecular formula is C28H23ClN2O4. The Labute approximate surface area is 208 Å². The normalized spacial score (nSPS) is 16.6. The molecule has 5 rings (SSSR count). The minimum atomic E-state index is -0.223. The molecule has 1 atom stereocenters. The van der Waals surface area contributed by atoms with Gasteiger partial charge in [-0.25, -0.2) is 5.06 Å². The predicted molar refractivity (Wildman–Crippen MR) is 137 cm³/mol. The van der Waals surface area contributed by atoms with Crippen LogP contribution >= 0.6 is 11.6 Å². The van der Waals surface area contributed by atoms with E-state index in [2.05, 4.69) is 5.32 Å². The second kappa shape index (κ2) is 9.60. The van der Waals surface area contributed by atoms with Crippen molar-refractivity contribution in [1.29, 1.82) is 0 Å². The zero-order valence-electron chi connectivity index (χ0n) is 19.2. The van der Waals surface area contributed by atoms with Crippen molar-refractivity contribution in [3.8, 4) is 5.75 Å². The van der Waals surface area contributed by atoms with Crippen molar-refractivity contribution in [1.82, 2.24) is 5.06 Å². The number of allylic oxidation sites excluding steroid dienone is 2. The van der Waals surface area contributed by atoms with Crippen LogP contribution in [0.4, 0.5) is 5.69 Å². The first-order chi connectivity index (χ1) is 17.1. The van der Waals surface area contributed by atoms with Crippen molar-refractivity contribution in [2.75, 3.05) is 19.5 Å². The Balaban J connectivity index is 1.38. The molecule has 1 heterocycles. The van der Waals surface area contributed by atoms with Crippen molar-refractivity contribution in [2.45, 2.75) is 6.04 Å². The summed E-state index contributed by atoms with van der Waals surface area (Å²) in [4.78, 5) is 19.0. The lowest BCUT2D eigenvalue weighted by Crippen LogP contribution is -2.36. The number of fused-ring (bicyclic) bond motifs is 2. The molecule has 1 aliphatic heterocycles. The number of rotatable bonds is 6. The van der Waals surface area contributed by atoms with E-state index in [1.54, 1.807) is 43.5 Å². The smallest absolute Gasteiger partial charge is 0.255 e. The third-order valence-electron chi connectivity index (χ3n) is 5.82. The van der Waals surface area contributed by atoms with E-state index in [9.17, 15) is 4.79 Å². The van der Waals surface area contributed by atoms with Gasteiger partial charge in [-0.15, -0.1) is 0 Å². The Bertz CT molecular complexity index is 1420. The first-order valence-corrected chi connectivity index (χ1v) is 11.4. The number of anilines is 1. The number of benzene rings is 3. The highest BCUT2D eigenvalue weighted by Gasteiger charge is 2.28. The molecule has 2 aliphatic rings. The van der Waals surface area contributed by atoms with Crippen molar-refractivity contribution in [3.63, 3.8) is 0 Å². The predicted octanol–water partition coefficient (Wildman–Crippen LogP) is 6.24. The van der Waals surface area contributed by atoms with E-state index in [-0.39, 0.29) is 11.9 Å². The number of hydrogen-bond donors (Lipinski definition) is 1. The van der Waals surface area contributed by atoms with Gasteiger partial charge >= 0.3 is 0 Å². The van der Waals surface area contributed by atoms with Crippen LogP contribution in [0.1, 0.15) is 10.4 Å². The van der Waals surface area contributed by atoms with Gasteiger partial charge < -0.3 is 19.6 Å². The van der Waals surface area contributed by atoms with E-state index in [1.807, 2.05) is 66.9 Å². The molecule has 0 aromatic heterocycles. The van der Waals surface area contributed by atoms with Crippen molar-refractivity contribution in [3.05, 3.63) is 119 Å². The number of hydroxylamine groups is 2. The van der Waals surface area contributed by atoms with Gasteiger partial charge in [-0.3, -0.25) is 4.79 Å². The molecule has 0 bridgehead atoms. The molecular weight excluding hydrogens is 464 g/mol. The maximum Gasteiger partial charge on any atom is 0.255 e. The standard InChI is InChI=1S/C28H23ClN2O4/c1-33-26-16-19-8-5-13-31(25(19)17-27(26)34-2)35-22-11-12-23-18(15-22)6-4-10-24(23)30-28(32)20-7-3-9-21(29)14-20/h3-17,25H,1-2H3,(H,30,32). The zero-order chi connectivity index (χ0) is 24.4. The number of nitrogens with one attached hydrogen (secondary N) is 1. The minimum absolute atomic E-state index is 0.159. The molecule has 0 saturated carbocycles. The maximum atomic E-state index is 12.7. The molecule has 0 radical (unpaired) electrons. The SMILES string of the molecule is COC1=CC2=CC=CN(Oc3ccc4c(NC(=O)c5cccc(Cl)c5)cccc4c3)C2C=C1OC. The molecule has 0 spiro atoms. The second-order valence-electron chi connectivity index (χ2n) is 8.00. The Kier molecular flexibility index (Phi) is 6.21. The average molecular weight is 487 g/mol. The van der Waals surface area contributed by atoms with Gasteiger partial charge in [0.05, 0.1) is 14.2 Å². The lowest BCUT2D eigenvalue weighted by Gasteiger charge is -2.33. The van der Waals surface area contributed by atoms with E-state index in [0.717, 1.165) is 16.3 Å². The number of carbonyl (C=O) groups is 1. The Morgan fingerprint density at radius 2 is 1.83 bits per heavy atom. The number of hydrogen-bond acceptors (Lipinski definition) is 5.